The number of urea groups is 1. The van der Waals surface area contributed by atoms with Crippen LogP contribution in [-0.2, 0) is 4.79 Å². The highest BCUT2D eigenvalue weighted by Gasteiger charge is 2.17. The minimum absolute atomic E-state index is 0.0155. The number of hydrogen-bond acceptors (Lipinski definition) is 3. The van der Waals surface area contributed by atoms with E-state index in [2.05, 4.69) is 10.6 Å². The van der Waals surface area contributed by atoms with Crippen molar-refractivity contribution in [1.29, 1.82) is 0 Å². The molecule has 1 fully saturated rings. The van der Waals surface area contributed by atoms with Gasteiger partial charge in [0.15, 0.2) is 0 Å². The van der Waals surface area contributed by atoms with E-state index >= 15 is 0 Å². The van der Waals surface area contributed by atoms with Gasteiger partial charge >= 0.3 is 6.03 Å². The SMILES string of the molecule is O=C1CCN(C(=O)NCCCCOc2ccc(F)cc2)CCN1. The van der Waals surface area contributed by atoms with Crippen molar-refractivity contribution in [3.8, 4) is 5.75 Å². The van der Waals surface area contributed by atoms with Crippen LogP contribution in [0.3, 0.4) is 0 Å². The van der Waals surface area contributed by atoms with Crippen LogP contribution in [-0.4, -0.2) is 49.6 Å². The van der Waals surface area contributed by atoms with Gasteiger partial charge in [0.05, 0.1) is 6.61 Å². The number of halogens is 1. The molecule has 1 aliphatic heterocycles. The number of rotatable bonds is 6. The van der Waals surface area contributed by atoms with Crippen LogP contribution in [0.5, 0.6) is 5.75 Å². The molecular weight excluding hydrogens is 301 g/mol. The fourth-order valence-corrected chi connectivity index (χ4v) is 2.23. The number of carbonyl (C=O) groups is 2. The Hall–Kier alpha value is -2.31. The third kappa shape index (κ3) is 6.14. The lowest BCUT2D eigenvalue weighted by Crippen LogP contribution is -2.42. The van der Waals surface area contributed by atoms with E-state index in [0.29, 0.717) is 45.0 Å². The third-order valence-corrected chi connectivity index (χ3v) is 3.53. The summed E-state index contributed by atoms with van der Waals surface area (Å²) in [5.41, 5.74) is 0. The molecule has 0 radical (unpaired) electrons. The molecule has 3 amide bonds. The lowest BCUT2D eigenvalue weighted by molar-refractivity contribution is -0.120. The highest BCUT2D eigenvalue weighted by Crippen LogP contribution is 2.11. The summed E-state index contributed by atoms with van der Waals surface area (Å²) in [6.07, 6.45) is 1.93. The molecule has 0 atom stereocenters. The molecule has 1 saturated heterocycles. The van der Waals surface area contributed by atoms with Gasteiger partial charge in [-0.05, 0) is 37.1 Å². The quantitative estimate of drug-likeness (QED) is 0.780. The number of ether oxygens (including phenoxy) is 1. The largest absolute Gasteiger partial charge is 0.494 e. The van der Waals surface area contributed by atoms with Gasteiger partial charge in [0.1, 0.15) is 11.6 Å². The molecule has 0 bridgehead atoms. The van der Waals surface area contributed by atoms with E-state index in [1.54, 1.807) is 17.0 Å². The van der Waals surface area contributed by atoms with Crippen molar-refractivity contribution in [3.63, 3.8) is 0 Å². The van der Waals surface area contributed by atoms with Crippen LogP contribution >= 0.6 is 0 Å². The van der Waals surface area contributed by atoms with Crippen LogP contribution in [0.15, 0.2) is 24.3 Å². The topological polar surface area (TPSA) is 70.7 Å². The molecule has 1 aromatic rings. The monoisotopic (exact) mass is 323 g/mol. The highest BCUT2D eigenvalue weighted by atomic mass is 19.1. The molecule has 0 saturated carbocycles. The van der Waals surface area contributed by atoms with Gasteiger partial charge in [-0.15, -0.1) is 0 Å². The first-order valence-electron chi connectivity index (χ1n) is 7.83. The number of nitrogens with one attached hydrogen (secondary N) is 2. The van der Waals surface area contributed by atoms with Crippen LogP contribution in [0.2, 0.25) is 0 Å². The van der Waals surface area contributed by atoms with Crippen LogP contribution in [0.4, 0.5) is 9.18 Å². The maximum atomic E-state index is 12.7. The highest BCUT2D eigenvalue weighted by molar-refractivity contribution is 5.79. The van der Waals surface area contributed by atoms with Crippen molar-refractivity contribution in [2.45, 2.75) is 19.3 Å². The van der Waals surface area contributed by atoms with Crippen LogP contribution in [0.1, 0.15) is 19.3 Å². The number of unbranched alkanes of at least 4 members (excludes halogenated alkanes) is 1. The van der Waals surface area contributed by atoms with Crippen LogP contribution < -0.4 is 15.4 Å². The van der Waals surface area contributed by atoms with Crippen LogP contribution in [0, 0.1) is 5.82 Å². The maximum absolute atomic E-state index is 12.7. The predicted octanol–water partition coefficient (Wildman–Crippen LogP) is 1.52. The van der Waals surface area contributed by atoms with Gasteiger partial charge in [-0.2, -0.15) is 0 Å². The summed E-state index contributed by atoms with van der Waals surface area (Å²) in [6, 6.07) is 5.76. The molecule has 0 unspecified atom stereocenters. The molecule has 1 aromatic carbocycles. The van der Waals surface area contributed by atoms with E-state index < -0.39 is 0 Å². The summed E-state index contributed by atoms with van der Waals surface area (Å²) < 4.78 is 18.2. The minimum atomic E-state index is -0.287. The predicted molar refractivity (Wildman–Crippen MR) is 83.7 cm³/mol. The van der Waals surface area contributed by atoms with E-state index in [0.717, 1.165) is 12.8 Å². The Kier molecular flexibility index (Phi) is 6.65. The second-order valence-electron chi connectivity index (χ2n) is 5.33. The molecule has 7 heteroatoms. The molecular formula is C16H22FN3O3. The summed E-state index contributed by atoms with van der Waals surface area (Å²) in [4.78, 5) is 24.8. The van der Waals surface area contributed by atoms with Crippen molar-refractivity contribution >= 4 is 11.9 Å². The summed E-state index contributed by atoms with van der Waals surface area (Å²) in [5.74, 6) is 0.334. The van der Waals surface area contributed by atoms with Gasteiger partial charge in [0.2, 0.25) is 5.91 Å². The first kappa shape index (κ1) is 17.1. The van der Waals surface area contributed by atoms with E-state index in [9.17, 15) is 14.0 Å². The second kappa shape index (κ2) is 8.97. The van der Waals surface area contributed by atoms with Gasteiger partial charge < -0.3 is 20.3 Å². The molecule has 6 nitrogen and oxygen atoms in total. The first-order chi connectivity index (χ1) is 11.1. The molecule has 1 aliphatic rings. The van der Waals surface area contributed by atoms with Gasteiger partial charge in [-0.3, -0.25) is 4.79 Å². The Morgan fingerprint density at radius 2 is 2.04 bits per heavy atom. The lowest BCUT2D eigenvalue weighted by Gasteiger charge is -2.20. The fraction of sp³-hybridized carbons (Fsp3) is 0.500. The van der Waals surface area contributed by atoms with Crippen molar-refractivity contribution in [1.82, 2.24) is 15.5 Å². The third-order valence-electron chi connectivity index (χ3n) is 3.53. The van der Waals surface area contributed by atoms with Crippen molar-refractivity contribution < 1.29 is 18.7 Å². The van der Waals surface area contributed by atoms with Crippen molar-refractivity contribution in [2.24, 2.45) is 0 Å². The van der Waals surface area contributed by atoms with Crippen molar-refractivity contribution in [2.75, 3.05) is 32.8 Å². The molecule has 2 N–H and O–H groups in total. The lowest BCUT2D eigenvalue weighted by atomic mass is 10.3. The number of benzene rings is 1. The van der Waals surface area contributed by atoms with Gasteiger partial charge in [0, 0.05) is 32.6 Å². The van der Waals surface area contributed by atoms with Gasteiger partial charge in [-0.1, -0.05) is 0 Å². The Morgan fingerprint density at radius 1 is 1.26 bits per heavy atom. The molecule has 2 rings (SSSR count). The Balaban J connectivity index is 1.55. The smallest absolute Gasteiger partial charge is 0.317 e. The molecule has 23 heavy (non-hydrogen) atoms. The Labute approximate surface area is 135 Å². The average Bonchev–Trinajstić information content (AvgIpc) is 2.77. The first-order valence-corrected chi connectivity index (χ1v) is 7.83. The normalized spacial score (nSPS) is 14.8. The zero-order valence-electron chi connectivity index (χ0n) is 13.0. The molecule has 0 aromatic heterocycles. The van der Waals surface area contributed by atoms with E-state index in [1.807, 2.05) is 0 Å². The van der Waals surface area contributed by atoms with E-state index in [4.69, 9.17) is 4.74 Å². The Bertz CT molecular complexity index is 522. The summed E-state index contributed by atoms with van der Waals surface area (Å²) in [6.45, 7) is 2.56. The van der Waals surface area contributed by atoms with Gasteiger partial charge in [-0.25, -0.2) is 9.18 Å². The zero-order valence-corrected chi connectivity index (χ0v) is 13.0. The summed E-state index contributed by atoms with van der Waals surface area (Å²) >= 11 is 0. The minimum Gasteiger partial charge on any atom is -0.494 e. The summed E-state index contributed by atoms with van der Waals surface area (Å²) in [7, 11) is 0. The summed E-state index contributed by atoms with van der Waals surface area (Å²) in [5, 5.41) is 5.58. The molecule has 126 valence electrons. The van der Waals surface area contributed by atoms with Crippen LogP contribution in [0.25, 0.3) is 0 Å². The van der Waals surface area contributed by atoms with E-state index in [1.165, 1.54) is 12.1 Å². The van der Waals surface area contributed by atoms with E-state index in [-0.39, 0.29) is 17.8 Å². The molecule has 0 aliphatic carbocycles. The second-order valence-corrected chi connectivity index (χ2v) is 5.33. The number of hydrogen-bond donors (Lipinski definition) is 2. The standard InChI is InChI=1S/C16H22FN3O3/c17-13-3-5-14(6-4-13)23-12-2-1-8-19-16(22)20-10-7-15(21)18-9-11-20/h3-6H,1-2,7-12H2,(H,18,21)(H,19,22). The maximum Gasteiger partial charge on any atom is 0.317 e. The number of carbonyl (C=O) groups excluding carboxylic acids is 2. The average molecular weight is 323 g/mol. The van der Waals surface area contributed by atoms with Gasteiger partial charge in [0.25, 0.3) is 0 Å². The molecule has 1 heterocycles. The Morgan fingerprint density at radius 3 is 2.83 bits per heavy atom. The fourth-order valence-electron chi connectivity index (χ4n) is 2.23. The zero-order chi connectivity index (χ0) is 16.5. The van der Waals surface area contributed by atoms with Crippen molar-refractivity contribution in [3.05, 3.63) is 30.1 Å². The molecule has 0 spiro atoms. The number of amides is 3. The number of nitrogens with zero attached hydrogens (tertiary/aromatic N) is 1.